The molecule has 0 amide bonds. The van der Waals surface area contributed by atoms with E-state index in [1.54, 1.807) is 12.1 Å². The van der Waals surface area contributed by atoms with Crippen molar-refractivity contribution in [3.8, 4) is 17.1 Å². The number of aromatic nitrogens is 1. The van der Waals surface area contributed by atoms with Crippen LogP contribution < -0.4 is 4.74 Å². The maximum atomic E-state index is 14.0. The highest BCUT2D eigenvalue weighted by atomic mass is 19.3. The van der Waals surface area contributed by atoms with E-state index in [1.807, 2.05) is 26.0 Å². The molecule has 0 bridgehead atoms. The Hall–Kier alpha value is -3.58. The Balaban J connectivity index is 1.57. The van der Waals surface area contributed by atoms with Crippen LogP contribution in [0.25, 0.3) is 22.3 Å². The molecule has 0 atom stereocenters. The number of benzene rings is 1. The highest BCUT2D eigenvalue weighted by Crippen LogP contribution is 2.37. The fourth-order valence-corrected chi connectivity index (χ4v) is 3.62. The third kappa shape index (κ3) is 9.22. The Bertz CT molecular complexity index is 1370. The number of fused-ring (bicyclic) bond motifs is 1. The Morgan fingerprint density at radius 2 is 1.59 bits per heavy atom. The molecule has 0 saturated carbocycles. The Morgan fingerprint density at radius 1 is 0.927 bits per heavy atom. The van der Waals surface area contributed by atoms with E-state index in [1.165, 1.54) is 19.1 Å². The van der Waals surface area contributed by atoms with Gasteiger partial charge in [-0.25, -0.2) is 14.3 Å². The van der Waals surface area contributed by atoms with Gasteiger partial charge < -0.3 is 13.9 Å². The van der Waals surface area contributed by atoms with Crippen LogP contribution in [0.4, 0.5) is 26.3 Å². The lowest BCUT2D eigenvalue weighted by molar-refractivity contribution is -0.514. The molecule has 224 valence electrons. The SMILES string of the molecule is C=C(C)C(=O)OCCC(F)(F)OC(F)(F)OC(F)(F)CCOc1ccc2cc(-c3ccc(CC)nc3CC)oc2c1. The van der Waals surface area contributed by atoms with E-state index in [9.17, 15) is 31.1 Å². The number of furan rings is 1. The van der Waals surface area contributed by atoms with Crippen molar-refractivity contribution in [1.29, 1.82) is 0 Å². The van der Waals surface area contributed by atoms with Gasteiger partial charge in [-0.05, 0) is 50.1 Å². The van der Waals surface area contributed by atoms with Crippen LogP contribution in [-0.2, 0) is 31.8 Å². The van der Waals surface area contributed by atoms with E-state index in [4.69, 9.17) is 9.15 Å². The summed E-state index contributed by atoms with van der Waals surface area (Å²) < 4.78 is 105. The molecule has 0 aliphatic rings. The average molecular weight is 590 g/mol. The summed E-state index contributed by atoms with van der Waals surface area (Å²) in [7, 11) is 0. The van der Waals surface area contributed by atoms with E-state index in [-0.39, 0.29) is 11.3 Å². The number of halogens is 6. The molecule has 0 saturated heterocycles. The van der Waals surface area contributed by atoms with Crippen LogP contribution in [-0.4, -0.2) is 42.7 Å². The predicted octanol–water partition coefficient (Wildman–Crippen LogP) is 7.67. The Morgan fingerprint density at radius 3 is 2.20 bits per heavy atom. The highest BCUT2D eigenvalue weighted by molar-refractivity contribution is 5.87. The van der Waals surface area contributed by atoms with Crippen LogP contribution in [0.3, 0.4) is 0 Å². The first-order valence-corrected chi connectivity index (χ1v) is 12.7. The first kappa shape index (κ1) is 31.9. The van der Waals surface area contributed by atoms with Crippen molar-refractivity contribution in [1.82, 2.24) is 4.98 Å². The van der Waals surface area contributed by atoms with E-state index in [0.29, 0.717) is 23.2 Å². The summed E-state index contributed by atoms with van der Waals surface area (Å²) in [6.07, 6.45) is -16.1. The number of rotatable bonds is 15. The molecule has 2 aromatic heterocycles. The van der Waals surface area contributed by atoms with Crippen molar-refractivity contribution in [2.45, 2.75) is 65.0 Å². The van der Waals surface area contributed by atoms with Gasteiger partial charge in [0, 0.05) is 28.3 Å². The second-order valence-corrected chi connectivity index (χ2v) is 9.02. The standard InChI is InChI=1S/C28H29F6NO6/c1-5-19-8-10-21(22(6-2)35-19)24-15-18-7-9-20(16-23(18)39-24)37-13-11-26(29,30)40-28(33,34)41-27(31,32)12-14-38-25(36)17(3)4/h7-10,15-16H,3,5-6,11-14H2,1-2,4H3. The van der Waals surface area contributed by atoms with Crippen LogP contribution >= 0.6 is 0 Å². The summed E-state index contributed by atoms with van der Waals surface area (Å²) in [4.78, 5) is 15.8. The molecule has 3 rings (SSSR count). The van der Waals surface area contributed by atoms with Crippen molar-refractivity contribution in [2.75, 3.05) is 13.2 Å². The maximum Gasteiger partial charge on any atom is 0.494 e. The van der Waals surface area contributed by atoms with Gasteiger partial charge in [-0.15, -0.1) is 8.78 Å². The van der Waals surface area contributed by atoms with Crippen molar-refractivity contribution in [2.24, 2.45) is 0 Å². The van der Waals surface area contributed by atoms with E-state index in [0.717, 1.165) is 23.4 Å². The summed E-state index contributed by atoms with van der Waals surface area (Å²) in [5, 5.41) is 0.703. The number of pyridine rings is 1. The third-order valence-electron chi connectivity index (χ3n) is 5.66. The molecule has 0 fully saturated rings. The van der Waals surface area contributed by atoms with Crippen molar-refractivity contribution >= 4 is 16.9 Å². The quantitative estimate of drug-likeness (QED) is 0.0779. The van der Waals surface area contributed by atoms with Gasteiger partial charge in [-0.2, -0.15) is 17.6 Å². The van der Waals surface area contributed by atoms with E-state index >= 15 is 0 Å². The van der Waals surface area contributed by atoms with Crippen LogP contribution in [0.15, 0.2) is 53.0 Å². The minimum Gasteiger partial charge on any atom is -0.493 e. The zero-order chi connectivity index (χ0) is 30.4. The molecular formula is C28H29F6NO6. The number of aryl methyl sites for hydroxylation is 2. The smallest absolute Gasteiger partial charge is 0.493 e. The zero-order valence-corrected chi connectivity index (χ0v) is 22.6. The number of esters is 1. The van der Waals surface area contributed by atoms with Gasteiger partial charge in [-0.1, -0.05) is 20.4 Å². The molecule has 7 nitrogen and oxygen atoms in total. The summed E-state index contributed by atoms with van der Waals surface area (Å²) in [6, 6.07) is 10.1. The molecule has 41 heavy (non-hydrogen) atoms. The number of ether oxygens (including phenoxy) is 4. The fourth-order valence-electron chi connectivity index (χ4n) is 3.62. The molecule has 0 spiro atoms. The molecule has 0 aliphatic carbocycles. The molecule has 3 aromatic rings. The first-order chi connectivity index (χ1) is 19.1. The Kier molecular flexibility index (Phi) is 10.1. The molecule has 1 aromatic carbocycles. The summed E-state index contributed by atoms with van der Waals surface area (Å²) in [6.45, 7) is 6.59. The average Bonchev–Trinajstić information content (AvgIpc) is 3.29. The van der Waals surface area contributed by atoms with Crippen LogP contribution in [0.2, 0.25) is 0 Å². The number of hydrogen-bond donors (Lipinski definition) is 0. The minimum atomic E-state index is -5.36. The molecule has 0 radical (unpaired) electrons. The maximum absolute atomic E-state index is 14.0. The third-order valence-corrected chi connectivity index (χ3v) is 5.66. The van der Waals surface area contributed by atoms with Gasteiger partial charge in [0.2, 0.25) is 0 Å². The summed E-state index contributed by atoms with van der Waals surface area (Å²) in [5.41, 5.74) is 2.88. The lowest BCUT2D eigenvalue weighted by Crippen LogP contribution is -2.41. The summed E-state index contributed by atoms with van der Waals surface area (Å²) >= 11 is 0. The Labute approximate surface area is 232 Å². The minimum absolute atomic E-state index is 0.100. The monoisotopic (exact) mass is 589 g/mol. The number of alkyl halides is 6. The molecule has 0 unspecified atom stereocenters. The largest absolute Gasteiger partial charge is 0.494 e. The van der Waals surface area contributed by atoms with Gasteiger partial charge in [0.25, 0.3) is 0 Å². The second kappa shape index (κ2) is 12.9. The van der Waals surface area contributed by atoms with Gasteiger partial charge in [0.15, 0.2) is 0 Å². The van der Waals surface area contributed by atoms with Crippen molar-refractivity contribution in [3.63, 3.8) is 0 Å². The second-order valence-electron chi connectivity index (χ2n) is 9.02. The molecule has 13 heteroatoms. The van der Waals surface area contributed by atoms with Gasteiger partial charge in [-0.3, -0.25) is 4.98 Å². The van der Waals surface area contributed by atoms with Crippen LogP contribution in [0.1, 0.15) is 45.0 Å². The first-order valence-electron chi connectivity index (χ1n) is 12.7. The normalized spacial score (nSPS) is 12.5. The molecular weight excluding hydrogens is 560 g/mol. The van der Waals surface area contributed by atoms with E-state index in [2.05, 4.69) is 25.8 Å². The van der Waals surface area contributed by atoms with Crippen molar-refractivity contribution in [3.05, 3.63) is 59.9 Å². The zero-order valence-electron chi connectivity index (χ0n) is 22.6. The predicted molar refractivity (Wildman–Crippen MR) is 136 cm³/mol. The van der Waals surface area contributed by atoms with Gasteiger partial charge in [0.05, 0.1) is 31.7 Å². The fraction of sp³-hybridized carbons (Fsp3) is 0.429. The molecule has 0 aliphatic heterocycles. The lowest BCUT2D eigenvalue weighted by atomic mass is 10.1. The molecule has 2 heterocycles. The highest BCUT2D eigenvalue weighted by Gasteiger charge is 2.52. The van der Waals surface area contributed by atoms with Crippen LogP contribution in [0, 0.1) is 0 Å². The van der Waals surface area contributed by atoms with Gasteiger partial charge >= 0.3 is 24.5 Å². The number of hydrogen-bond acceptors (Lipinski definition) is 7. The lowest BCUT2D eigenvalue weighted by Gasteiger charge is -2.26. The number of nitrogens with zero attached hydrogens (tertiary/aromatic N) is 1. The number of carbonyl (C=O) groups excluding carboxylic acids is 1. The van der Waals surface area contributed by atoms with Crippen molar-refractivity contribution < 1.29 is 54.5 Å². The summed E-state index contributed by atoms with van der Waals surface area (Å²) in [5.74, 6) is -0.382. The molecule has 0 N–H and O–H groups in total. The van der Waals surface area contributed by atoms with Crippen LogP contribution in [0.5, 0.6) is 5.75 Å². The number of carbonyl (C=O) groups is 1. The van der Waals surface area contributed by atoms with E-state index < -0.39 is 50.5 Å². The van der Waals surface area contributed by atoms with Gasteiger partial charge in [0.1, 0.15) is 17.1 Å². The topological polar surface area (TPSA) is 80.0 Å².